The van der Waals surface area contributed by atoms with Crippen LogP contribution in [0.15, 0.2) is 33.5 Å². The van der Waals surface area contributed by atoms with Gasteiger partial charge in [0.05, 0.1) is 6.10 Å². The minimum atomic E-state index is -2.74. The van der Waals surface area contributed by atoms with Crippen LogP contribution in [0.3, 0.4) is 0 Å². The molecule has 3 rings (SSSR count). The van der Waals surface area contributed by atoms with Crippen LogP contribution in [0.2, 0.25) is 0 Å². The number of amides is 1. The Morgan fingerprint density at radius 3 is 2.67 bits per heavy atom. The molecule has 5 nitrogen and oxygen atoms in total. The molecule has 1 aliphatic carbocycles. The van der Waals surface area contributed by atoms with Gasteiger partial charge in [0.15, 0.2) is 0 Å². The SMILES string of the molecule is CC(C)Oc1ccc2cc(C(=O)NC3CC(F)(F)C3)c(=O)oc2c1. The summed E-state index contributed by atoms with van der Waals surface area (Å²) in [7, 11) is 0. The van der Waals surface area contributed by atoms with Crippen molar-refractivity contribution >= 4 is 16.9 Å². The Morgan fingerprint density at radius 1 is 1.33 bits per heavy atom. The van der Waals surface area contributed by atoms with Crippen molar-refractivity contribution in [3.8, 4) is 5.75 Å². The monoisotopic (exact) mass is 337 g/mol. The molecule has 1 heterocycles. The van der Waals surface area contributed by atoms with Crippen molar-refractivity contribution in [1.29, 1.82) is 0 Å². The fourth-order valence-corrected chi connectivity index (χ4v) is 2.62. The summed E-state index contributed by atoms with van der Waals surface area (Å²) < 4.78 is 36.3. The van der Waals surface area contributed by atoms with Crippen LogP contribution in [-0.2, 0) is 0 Å². The smallest absolute Gasteiger partial charge is 0.349 e. The number of carbonyl (C=O) groups is 1. The molecule has 7 heteroatoms. The van der Waals surface area contributed by atoms with Gasteiger partial charge in [-0.1, -0.05) is 0 Å². The number of carbonyl (C=O) groups excluding carboxylic acids is 1. The molecule has 1 fully saturated rings. The molecule has 0 aliphatic heterocycles. The Labute approximate surface area is 136 Å². The summed E-state index contributed by atoms with van der Waals surface area (Å²) in [5, 5.41) is 2.98. The van der Waals surface area contributed by atoms with E-state index < -0.39 is 36.3 Å². The molecular weight excluding hydrogens is 320 g/mol. The standard InChI is InChI=1S/C17H17F2NO4/c1-9(2)23-12-4-3-10-5-13(16(22)24-14(10)6-12)15(21)20-11-7-17(18,19)8-11/h3-6,9,11H,7-8H2,1-2H3,(H,20,21). The highest BCUT2D eigenvalue weighted by Gasteiger charge is 2.46. The lowest BCUT2D eigenvalue weighted by molar-refractivity contribution is -0.0901. The molecule has 2 aromatic rings. The van der Waals surface area contributed by atoms with Crippen molar-refractivity contribution in [2.45, 2.75) is 44.8 Å². The van der Waals surface area contributed by atoms with E-state index in [1.54, 1.807) is 18.2 Å². The number of alkyl halides is 2. The maximum atomic E-state index is 12.8. The van der Waals surface area contributed by atoms with E-state index in [0.717, 1.165) is 0 Å². The van der Waals surface area contributed by atoms with Gasteiger partial charge in [0.25, 0.3) is 11.8 Å². The molecule has 24 heavy (non-hydrogen) atoms. The molecule has 0 saturated heterocycles. The van der Waals surface area contributed by atoms with Gasteiger partial charge in [0, 0.05) is 30.3 Å². The minimum absolute atomic E-state index is 0.0279. The van der Waals surface area contributed by atoms with Gasteiger partial charge in [-0.25, -0.2) is 13.6 Å². The van der Waals surface area contributed by atoms with Gasteiger partial charge in [-0.3, -0.25) is 4.79 Å². The second-order valence-electron chi connectivity index (χ2n) is 6.25. The predicted octanol–water partition coefficient (Wildman–Crippen LogP) is 3.11. The van der Waals surface area contributed by atoms with Crippen molar-refractivity contribution in [2.24, 2.45) is 0 Å². The van der Waals surface area contributed by atoms with Crippen molar-refractivity contribution in [3.05, 3.63) is 40.2 Å². The summed E-state index contributed by atoms with van der Waals surface area (Å²) in [6.45, 7) is 3.75. The minimum Gasteiger partial charge on any atom is -0.491 e. The maximum absolute atomic E-state index is 12.8. The van der Waals surface area contributed by atoms with Crippen LogP contribution in [0.1, 0.15) is 37.0 Å². The van der Waals surface area contributed by atoms with Crippen molar-refractivity contribution < 1.29 is 22.7 Å². The zero-order chi connectivity index (χ0) is 17.5. The molecule has 1 aromatic carbocycles. The van der Waals surface area contributed by atoms with Crippen LogP contribution < -0.4 is 15.7 Å². The van der Waals surface area contributed by atoms with E-state index in [4.69, 9.17) is 9.15 Å². The maximum Gasteiger partial charge on any atom is 0.349 e. The second kappa shape index (κ2) is 5.89. The van der Waals surface area contributed by atoms with E-state index >= 15 is 0 Å². The second-order valence-corrected chi connectivity index (χ2v) is 6.25. The lowest BCUT2D eigenvalue weighted by Crippen LogP contribution is -2.51. The molecule has 1 N–H and O–H groups in total. The number of rotatable bonds is 4. The average Bonchev–Trinajstić information content (AvgIpc) is 2.43. The highest BCUT2D eigenvalue weighted by Crippen LogP contribution is 2.37. The Morgan fingerprint density at radius 2 is 2.04 bits per heavy atom. The molecule has 1 saturated carbocycles. The summed E-state index contributed by atoms with van der Waals surface area (Å²) >= 11 is 0. The molecule has 0 radical (unpaired) electrons. The van der Waals surface area contributed by atoms with Crippen LogP contribution in [-0.4, -0.2) is 24.0 Å². The predicted molar refractivity (Wildman–Crippen MR) is 83.7 cm³/mol. The highest BCUT2D eigenvalue weighted by atomic mass is 19.3. The number of ether oxygens (including phenoxy) is 1. The average molecular weight is 337 g/mol. The van der Waals surface area contributed by atoms with Gasteiger partial charge < -0.3 is 14.5 Å². The van der Waals surface area contributed by atoms with E-state index in [0.29, 0.717) is 16.7 Å². The molecule has 0 bridgehead atoms. The van der Waals surface area contributed by atoms with Gasteiger partial charge in [-0.15, -0.1) is 0 Å². The van der Waals surface area contributed by atoms with Gasteiger partial charge in [0.2, 0.25) is 0 Å². The van der Waals surface area contributed by atoms with Crippen LogP contribution in [0, 0.1) is 0 Å². The van der Waals surface area contributed by atoms with Gasteiger partial charge in [-0.05, 0) is 32.0 Å². The fraction of sp³-hybridized carbons (Fsp3) is 0.412. The highest BCUT2D eigenvalue weighted by molar-refractivity contribution is 5.97. The van der Waals surface area contributed by atoms with E-state index in [1.165, 1.54) is 6.07 Å². The number of benzene rings is 1. The Kier molecular flexibility index (Phi) is 4.03. The molecule has 0 atom stereocenters. The lowest BCUT2D eigenvalue weighted by atomic mass is 9.88. The van der Waals surface area contributed by atoms with Crippen LogP contribution >= 0.6 is 0 Å². The third-order valence-corrected chi connectivity index (χ3v) is 3.75. The Hall–Kier alpha value is -2.44. The Bertz CT molecular complexity index is 836. The third kappa shape index (κ3) is 3.39. The number of hydrogen-bond acceptors (Lipinski definition) is 4. The zero-order valence-electron chi connectivity index (χ0n) is 13.3. The zero-order valence-corrected chi connectivity index (χ0v) is 13.3. The first kappa shape index (κ1) is 16.4. The fourth-order valence-electron chi connectivity index (χ4n) is 2.62. The van der Waals surface area contributed by atoms with Gasteiger partial charge in [0.1, 0.15) is 16.9 Å². The van der Waals surface area contributed by atoms with E-state index in [1.807, 2.05) is 13.8 Å². The number of fused-ring (bicyclic) bond motifs is 1. The van der Waals surface area contributed by atoms with Crippen LogP contribution in [0.25, 0.3) is 11.0 Å². The number of hydrogen-bond donors (Lipinski definition) is 1. The topological polar surface area (TPSA) is 68.5 Å². The van der Waals surface area contributed by atoms with Crippen molar-refractivity contribution in [1.82, 2.24) is 5.32 Å². The van der Waals surface area contributed by atoms with Crippen molar-refractivity contribution in [2.75, 3.05) is 0 Å². The van der Waals surface area contributed by atoms with Crippen LogP contribution in [0.4, 0.5) is 8.78 Å². The summed E-state index contributed by atoms with van der Waals surface area (Å²) in [4.78, 5) is 24.1. The first-order valence-electron chi connectivity index (χ1n) is 7.67. The molecule has 128 valence electrons. The molecule has 1 amide bonds. The normalized spacial score (nSPS) is 16.9. The first-order valence-corrected chi connectivity index (χ1v) is 7.67. The van der Waals surface area contributed by atoms with Gasteiger partial charge in [-0.2, -0.15) is 0 Å². The van der Waals surface area contributed by atoms with E-state index in [2.05, 4.69) is 5.32 Å². The number of nitrogens with one attached hydrogen (secondary N) is 1. The third-order valence-electron chi connectivity index (χ3n) is 3.75. The van der Waals surface area contributed by atoms with Gasteiger partial charge >= 0.3 is 5.63 Å². The molecule has 0 unspecified atom stereocenters. The van der Waals surface area contributed by atoms with Crippen molar-refractivity contribution in [3.63, 3.8) is 0 Å². The number of halogens is 2. The van der Waals surface area contributed by atoms with Crippen LogP contribution in [0.5, 0.6) is 5.75 Å². The molecule has 1 aliphatic rings. The summed E-state index contributed by atoms with van der Waals surface area (Å²) in [5.74, 6) is -2.89. The summed E-state index contributed by atoms with van der Waals surface area (Å²) in [6, 6.07) is 5.72. The Balaban J connectivity index is 1.83. The molecular formula is C17H17F2NO4. The quantitative estimate of drug-likeness (QED) is 0.871. The lowest BCUT2D eigenvalue weighted by Gasteiger charge is -2.35. The summed E-state index contributed by atoms with van der Waals surface area (Å²) in [6.07, 6.45) is -0.846. The van der Waals surface area contributed by atoms with E-state index in [-0.39, 0.29) is 11.7 Å². The molecule has 0 spiro atoms. The largest absolute Gasteiger partial charge is 0.491 e. The molecule has 1 aromatic heterocycles. The first-order chi connectivity index (χ1) is 11.2. The summed E-state index contributed by atoms with van der Waals surface area (Å²) in [5.41, 5.74) is -0.715. The van der Waals surface area contributed by atoms with E-state index in [9.17, 15) is 18.4 Å².